The summed E-state index contributed by atoms with van der Waals surface area (Å²) in [5, 5.41) is 2.85. The van der Waals surface area contributed by atoms with Crippen LogP contribution in [0.2, 0.25) is 0 Å². The van der Waals surface area contributed by atoms with Gasteiger partial charge in [0, 0.05) is 44.5 Å². The average Bonchev–Trinajstić information content (AvgIpc) is 2.66. The highest BCUT2D eigenvalue weighted by atomic mass is 19.1. The topological polar surface area (TPSA) is 61.4 Å². The van der Waals surface area contributed by atoms with Crippen LogP contribution in [0.4, 0.5) is 15.9 Å². The maximum Gasteiger partial charge on any atom is 0.270 e. The Morgan fingerprint density at radius 1 is 1.12 bits per heavy atom. The molecule has 0 aliphatic carbocycles. The van der Waals surface area contributed by atoms with E-state index in [9.17, 15) is 9.18 Å². The molecule has 0 saturated carbocycles. The van der Waals surface area contributed by atoms with E-state index in [2.05, 4.69) is 25.1 Å². The van der Waals surface area contributed by atoms with E-state index in [-0.39, 0.29) is 11.7 Å². The first-order valence-corrected chi connectivity index (χ1v) is 8.96. The number of nitrogens with one attached hydrogen (secondary N) is 1. The van der Waals surface area contributed by atoms with Crippen LogP contribution in [-0.2, 0) is 0 Å². The van der Waals surface area contributed by atoms with Crippen LogP contribution in [0, 0.1) is 12.7 Å². The Morgan fingerprint density at radius 3 is 2.42 bits per heavy atom. The van der Waals surface area contributed by atoms with Gasteiger partial charge in [0.15, 0.2) is 0 Å². The molecule has 26 heavy (non-hydrogen) atoms. The lowest BCUT2D eigenvalue weighted by molar-refractivity contribution is 0.0948. The first-order valence-electron chi connectivity index (χ1n) is 8.96. The van der Waals surface area contributed by atoms with Crippen molar-refractivity contribution in [3.63, 3.8) is 0 Å². The fourth-order valence-electron chi connectivity index (χ4n) is 3.00. The maximum absolute atomic E-state index is 13.1. The van der Waals surface area contributed by atoms with E-state index in [1.165, 1.54) is 12.1 Å². The van der Waals surface area contributed by atoms with Crippen LogP contribution in [0.25, 0.3) is 0 Å². The van der Waals surface area contributed by atoms with Gasteiger partial charge in [-0.15, -0.1) is 0 Å². The Bertz CT molecular complexity index is 757. The highest BCUT2D eigenvalue weighted by molar-refractivity contribution is 5.92. The number of hydrogen-bond donors (Lipinski definition) is 1. The van der Waals surface area contributed by atoms with E-state index in [0.29, 0.717) is 18.1 Å². The summed E-state index contributed by atoms with van der Waals surface area (Å²) in [7, 11) is 0. The van der Waals surface area contributed by atoms with E-state index in [0.717, 1.165) is 44.1 Å². The van der Waals surface area contributed by atoms with Gasteiger partial charge in [-0.3, -0.25) is 4.79 Å². The van der Waals surface area contributed by atoms with Crippen molar-refractivity contribution < 1.29 is 9.18 Å². The molecule has 1 aromatic carbocycles. The minimum Gasteiger partial charge on any atom is -0.368 e. The monoisotopic (exact) mass is 357 g/mol. The normalized spacial score (nSPS) is 14.4. The second-order valence-electron chi connectivity index (χ2n) is 6.37. The zero-order valence-electron chi connectivity index (χ0n) is 15.2. The number of amides is 1. The molecule has 1 aromatic heterocycles. The van der Waals surface area contributed by atoms with Crippen molar-refractivity contribution in [1.82, 2.24) is 15.3 Å². The van der Waals surface area contributed by atoms with E-state index in [4.69, 9.17) is 0 Å². The molecule has 0 spiro atoms. The molecule has 1 aliphatic heterocycles. The number of carbonyl (C=O) groups excluding carboxylic acids is 1. The van der Waals surface area contributed by atoms with Gasteiger partial charge in [0.1, 0.15) is 23.2 Å². The maximum atomic E-state index is 13.1. The standard InChI is InChI=1S/C19H24FN5O/c1-3-8-21-19(26)17-13-18(23-14(2)22-17)25-11-9-24(10-12-25)16-6-4-15(20)5-7-16/h4-7,13H,3,8-12H2,1-2H3,(H,21,26). The van der Waals surface area contributed by atoms with Crippen LogP contribution >= 0.6 is 0 Å². The molecule has 1 saturated heterocycles. The fourth-order valence-corrected chi connectivity index (χ4v) is 3.00. The molecule has 1 fully saturated rings. The molecule has 0 radical (unpaired) electrons. The van der Waals surface area contributed by atoms with Gasteiger partial charge in [0.2, 0.25) is 0 Å². The van der Waals surface area contributed by atoms with Gasteiger partial charge >= 0.3 is 0 Å². The summed E-state index contributed by atoms with van der Waals surface area (Å²) in [5.74, 6) is 0.976. The number of nitrogens with zero attached hydrogens (tertiary/aromatic N) is 4. The van der Waals surface area contributed by atoms with Crippen LogP contribution in [0.3, 0.4) is 0 Å². The molecule has 7 heteroatoms. The molecular formula is C19H24FN5O. The Hall–Kier alpha value is -2.70. The number of aryl methyl sites for hydroxylation is 1. The third-order valence-electron chi connectivity index (χ3n) is 4.39. The average molecular weight is 357 g/mol. The molecule has 3 rings (SSSR count). The van der Waals surface area contributed by atoms with Crippen molar-refractivity contribution in [2.75, 3.05) is 42.5 Å². The third kappa shape index (κ3) is 4.28. The summed E-state index contributed by atoms with van der Waals surface area (Å²) in [6, 6.07) is 8.32. The molecule has 1 amide bonds. The van der Waals surface area contributed by atoms with E-state index in [1.54, 1.807) is 25.1 Å². The molecule has 2 heterocycles. The first-order chi connectivity index (χ1) is 12.6. The van der Waals surface area contributed by atoms with Crippen LogP contribution in [0.5, 0.6) is 0 Å². The third-order valence-corrected chi connectivity index (χ3v) is 4.39. The zero-order chi connectivity index (χ0) is 18.5. The number of benzene rings is 1. The number of halogens is 1. The van der Waals surface area contributed by atoms with Gasteiger partial charge in [0.25, 0.3) is 5.91 Å². The minimum atomic E-state index is -0.224. The number of aromatic nitrogens is 2. The molecule has 0 bridgehead atoms. The lowest BCUT2D eigenvalue weighted by atomic mass is 10.2. The largest absolute Gasteiger partial charge is 0.368 e. The van der Waals surface area contributed by atoms with Crippen LogP contribution in [0.1, 0.15) is 29.7 Å². The van der Waals surface area contributed by atoms with Crippen molar-refractivity contribution in [1.29, 1.82) is 0 Å². The van der Waals surface area contributed by atoms with Gasteiger partial charge in [-0.05, 0) is 37.6 Å². The number of hydrogen-bond acceptors (Lipinski definition) is 5. The Kier molecular flexibility index (Phi) is 5.65. The number of carbonyl (C=O) groups is 1. The summed E-state index contributed by atoms with van der Waals surface area (Å²) in [5.41, 5.74) is 1.42. The lowest BCUT2D eigenvalue weighted by Crippen LogP contribution is -2.47. The van der Waals surface area contributed by atoms with Crippen LogP contribution < -0.4 is 15.1 Å². The highest BCUT2D eigenvalue weighted by Gasteiger charge is 2.20. The molecule has 1 N–H and O–H groups in total. The van der Waals surface area contributed by atoms with Crippen molar-refractivity contribution in [2.24, 2.45) is 0 Å². The summed E-state index contributed by atoms with van der Waals surface area (Å²) in [6.07, 6.45) is 0.883. The molecular weight excluding hydrogens is 333 g/mol. The predicted molar refractivity (Wildman–Crippen MR) is 100 cm³/mol. The summed E-state index contributed by atoms with van der Waals surface area (Å²) >= 11 is 0. The lowest BCUT2D eigenvalue weighted by Gasteiger charge is -2.36. The molecule has 2 aromatic rings. The van der Waals surface area contributed by atoms with Gasteiger partial charge in [-0.1, -0.05) is 6.92 Å². The SMILES string of the molecule is CCCNC(=O)c1cc(N2CCN(c3ccc(F)cc3)CC2)nc(C)n1. The summed E-state index contributed by atoms with van der Waals surface area (Å²) in [4.78, 5) is 25.3. The van der Waals surface area contributed by atoms with Crippen molar-refractivity contribution in [2.45, 2.75) is 20.3 Å². The van der Waals surface area contributed by atoms with E-state index in [1.807, 2.05) is 6.92 Å². The summed E-state index contributed by atoms with van der Waals surface area (Å²) in [6.45, 7) is 7.63. The second kappa shape index (κ2) is 8.12. The zero-order valence-corrected chi connectivity index (χ0v) is 15.2. The number of rotatable bonds is 5. The first kappa shape index (κ1) is 18.1. The van der Waals surface area contributed by atoms with Gasteiger partial charge in [-0.25, -0.2) is 14.4 Å². The van der Waals surface area contributed by atoms with E-state index < -0.39 is 0 Å². The second-order valence-corrected chi connectivity index (χ2v) is 6.37. The molecule has 0 unspecified atom stereocenters. The van der Waals surface area contributed by atoms with Crippen LogP contribution in [-0.4, -0.2) is 48.6 Å². The Balaban J connectivity index is 1.68. The fraction of sp³-hybridized carbons (Fsp3) is 0.421. The number of anilines is 2. The highest BCUT2D eigenvalue weighted by Crippen LogP contribution is 2.20. The van der Waals surface area contributed by atoms with Crippen molar-refractivity contribution >= 4 is 17.4 Å². The molecule has 138 valence electrons. The van der Waals surface area contributed by atoms with Crippen LogP contribution in [0.15, 0.2) is 30.3 Å². The van der Waals surface area contributed by atoms with E-state index >= 15 is 0 Å². The van der Waals surface area contributed by atoms with Crippen molar-refractivity contribution in [3.8, 4) is 0 Å². The molecule has 0 atom stereocenters. The van der Waals surface area contributed by atoms with Gasteiger partial charge < -0.3 is 15.1 Å². The minimum absolute atomic E-state index is 0.163. The Morgan fingerprint density at radius 2 is 1.77 bits per heavy atom. The van der Waals surface area contributed by atoms with Gasteiger partial charge in [0.05, 0.1) is 0 Å². The molecule has 1 aliphatic rings. The summed E-state index contributed by atoms with van der Waals surface area (Å²) < 4.78 is 13.1. The predicted octanol–water partition coefficient (Wildman–Crippen LogP) is 2.39. The smallest absolute Gasteiger partial charge is 0.270 e. The number of piperazine rings is 1. The molecule has 6 nitrogen and oxygen atoms in total. The Labute approximate surface area is 153 Å². The quantitative estimate of drug-likeness (QED) is 0.890. The van der Waals surface area contributed by atoms with Gasteiger partial charge in [-0.2, -0.15) is 0 Å². The van der Waals surface area contributed by atoms with Crippen molar-refractivity contribution in [3.05, 3.63) is 47.7 Å².